The lowest BCUT2D eigenvalue weighted by molar-refractivity contribution is -0.111. The molecular weight excluding hydrogens is 354 g/mol. The Hall–Kier alpha value is -2.47. The number of hydrogen-bond donors (Lipinski definition) is 1. The van der Waals surface area contributed by atoms with Crippen molar-refractivity contribution in [3.63, 3.8) is 0 Å². The fraction of sp³-hybridized carbons (Fsp3) is 0.368. The molecule has 1 amide bonds. The average molecular weight is 378 g/mol. The number of rotatable bonds is 7. The average Bonchev–Trinajstić information content (AvgIpc) is 2.85. The smallest absolute Gasteiger partial charge is 0.248 e. The number of carbonyl (C=O) groups is 1. The first-order valence-corrected chi connectivity index (χ1v) is 8.66. The van der Waals surface area contributed by atoms with Crippen molar-refractivity contribution >= 4 is 29.3 Å². The molecule has 0 aliphatic rings. The molecule has 0 spiro atoms. The zero-order valence-corrected chi connectivity index (χ0v) is 16.4. The Bertz CT molecular complexity index is 790. The summed E-state index contributed by atoms with van der Waals surface area (Å²) in [6.45, 7) is 6.79. The molecule has 1 N–H and O–H groups in total. The highest BCUT2D eigenvalue weighted by Gasteiger charge is 2.12. The largest absolute Gasteiger partial charge is 0.497 e. The number of amides is 1. The number of nitrogens with zero attached hydrogens (tertiary/aromatic N) is 2. The van der Waals surface area contributed by atoms with Crippen LogP contribution in [0.25, 0.3) is 6.08 Å². The molecule has 0 fully saturated rings. The van der Waals surface area contributed by atoms with Crippen molar-refractivity contribution in [2.45, 2.75) is 27.3 Å². The Morgan fingerprint density at radius 1 is 1.27 bits per heavy atom. The summed E-state index contributed by atoms with van der Waals surface area (Å²) < 4.78 is 12.1. The van der Waals surface area contributed by atoms with Crippen LogP contribution in [0.1, 0.15) is 25.1 Å². The van der Waals surface area contributed by atoms with Crippen molar-refractivity contribution in [3.8, 4) is 11.5 Å². The molecule has 1 aromatic heterocycles. The molecule has 0 radical (unpaired) electrons. The second-order valence-electron chi connectivity index (χ2n) is 6.29. The summed E-state index contributed by atoms with van der Waals surface area (Å²) >= 11 is 6.38. The normalized spacial score (nSPS) is 11.2. The molecule has 1 heterocycles. The van der Waals surface area contributed by atoms with Crippen molar-refractivity contribution in [2.24, 2.45) is 5.92 Å². The highest BCUT2D eigenvalue weighted by atomic mass is 35.5. The van der Waals surface area contributed by atoms with Gasteiger partial charge in [0.25, 0.3) is 0 Å². The summed E-state index contributed by atoms with van der Waals surface area (Å²) in [6.07, 6.45) is 3.11. The van der Waals surface area contributed by atoms with Crippen molar-refractivity contribution in [3.05, 3.63) is 40.7 Å². The van der Waals surface area contributed by atoms with Gasteiger partial charge < -0.3 is 14.8 Å². The molecular formula is C19H24ClN3O3. The number of aromatic nitrogens is 2. The van der Waals surface area contributed by atoms with Gasteiger partial charge in [0.05, 0.1) is 19.9 Å². The molecule has 0 saturated heterocycles. The summed E-state index contributed by atoms with van der Waals surface area (Å²) in [4.78, 5) is 12.2. The van der Waals surface area contributed by atoms with Crippen LogP contribution in [0, 0.1) is 12.8 Å². The fourth-order valence-corrected chi connectivity index (χ4v) is 2.75. The van der Waals surface area contributed by atoms with Crippen molar-refractivity contribution in [1.29, 1.82) is 0 Å². The Balaban J connectivity index is 2.14. The van der Waals surface area contributed by atoms with Gasteiger partial charge in [-0.2, -0.15) is 5.10 Å². The molecule has 0 aliphatic heterocycles. The van der Waals surface area contributed by atoms with Crippen LogP contribution in [0.5, 0.6) is 11.5 Å². The number of halogens is 1. The standard InChI is InChI=1S/C19H24ClN3O3/c1-12(2)11-23-19(20)17(13(3)22-23)6-7-18(24)21-14-8-15(25-4)10-16(9-14)26-5/h6-10,12H,11H2,1-5H3,(H,21,24)/b7-6+. The molecule has 140 valence electrons. The lowest BCUT2D eigenvalue weighted by atomic mass is 10.2. The van der Waals surface area contributed by atoms with Crippen LogP contribution in [-0.4, -0.2) is 29.9 Å². The second-order valence-corrected chi connectivity index (χ2v) is 6.65. The van der Waals surface area contributed by atoms with E-state index in [0.29, 0.717) is 28.3 Å². The SMILES string of the molecule is COc1cc(NC(=O)/C=C/c2c(C)nn(CC(C)C)c2Cl)cc(OC)c1. The van der Waals surface area contributed by atoms with E-state index in [-0.39, 0.29) is 5.91 Å². The van der Waals surface area contributed by atoms with Gasteiger partial charge in [0.15, 0.2) is 0 Å². The van der Waals surface area contributed by atoms with Crippen LogP contribution in [0.4, 0.5) is 5.69 Å². The van der Waals surface area contributed by atoms with Crippen molar-refractivity contribution in [1.82, 2.24) is 9.78 Å². The lowest BCUT2D eigenvalue weighted by Gasteiger charge is -2.08. The van der Waals surface area contributed by atoms with Crippen LogP contribution in [0.15, 0.2) is 24.3 Å². The Kier molecular flexibility index (Phi) is 6.69. The van der Waals surface area contributed by atoms with Crippen LogP contribution < -0.4 is 14.8 Å². The molecule has 1 aromatic carbocycles. The number of nitrogens with one attached hydrogen (secondary N) is 1. The van der Waals surface area contributed by atoms with E-state index in [1.807, 2.05) is 6.92 Å². The maximum absolute atomic E-state index is 12.2. The van der Waals surface area contributed by atoms with E-state index in [0.717, 1.165) is 17.8 Å². The highest BCUT2D eigenvalue weighted by molar-refractivity contribution is 6.31. The van der Waals surface area contributed by atoms with Crippen LogP contribution in [0.3, 0.4) is 0 Å². The van der Waals surface area contributed by atoms with E-state index in [1.165, 1.54) is 6.08 Å². The first-order chi connectivity index (χ1) is 12.3. The van der Waals surface area contributed by atoms with Gasteiger partial charge in [-0.05, 0) is 18.9 Å². The molecule has 0 atom stereocenters. The van der Waals surface area contributed by atoms with Gasteiger partial charge >= 0.3 is 0 Å². The quantitative estimate of drug-likeness (QED) is 0.735. The number of methoxy groups -OCH3 is 2. The lowest BCUT2D eigenvalue weighted by Crippen LogP contribution is -2.08. The molecule has 7 heteroatoms. The number of aryl methyl sites for hydroxylation is 1. The molecule has 6 nitrogen and oxygen atoms in total. The van der Waals surface area contributed by atoms with E-state index >= 15 is 0 Å². The van der Waals surface area contributed by atoms with Gasteiger partial charge in [0.1, 0.15) is 16.7 Å². The van der Waals surface area contributed by atoms with Gasteiger partial charge in [0.2, 0.25) is 5.91 Å². The van der Waals surface area contributed by atoms with Gasteiger partial charge in [-0.25, -0.2) is 0 Å². The van der Waals surface area contributed by atoms with Gasteiger partial charge in [-0.1, -0.05) is 25.4 Å². The summed E-state index contributed by atoms with van der Waals surface area (Å²) in [7, 11) is 3.11. The molecule has 0 unspecified atom stereocenters. The molecule has 2 aromatic rings. The van der Waals surface area contributed by atoms with Crippen molar-refractivity contribution < 1.29 is 14.3 Å². The monoisotopic (exact) mass is 377 g/mol. The molecule has 2 rings (SSSR count). The third-order valence-corrected chi connectivity index (χ3v) is 4.07. The summed E-state index contributed by atoms with van der Waals surface area (Å²) in [5, 5.41) is 7.74. The number of carbonyl (C=O) groups excluding carboxylic acids is 1. The number of benzene rings is 1. The molecule has 0 saturated carbocycles. The first-order valence-electron chi connectivity index (χ1n) is 8.29. The second kappa shape index (κ2) is 8.76. The first kappa shape index (κ1) is 19.8. The van der Waals surface area contributed by atoms with E-state index in [9.17, 15) is 4.79 Å². The predicted molar refractivity (Wildman–Crippen MR) is 104 cm³/mol. The highest BCUT2D eigenvalue weighted by Crippen LogP contribution is 2.26. The molecule has 26 heavy (non-hydrogen) atoms. The molecule has 0 bridgehead atoms. The fourth-order valence-electron chi connectivity index (χ4n) is 2.45. The third-order valence-electron chi connectivity index (χ3n) is 3.67. The maximum atomic E-state index is 12.2. The van der Waals surface area contributed by atoms with Gasteiger partial charge in [-0.15, -0.1) is 0 Å². The van der Waals surface area contributed by atoms with Crippen molar-refractivity contribution in [2.75, 3.05) is 19.5 Å². The number of ether oxygens (including phenoxy) is 2. The third kappa shape index (κ3) is 5.02. The summed E-state index contributed by atoms with van der Waals surface area (Å²) in [5.41, 5.74) is 2.10. The number of anilines is 1. The maximum Gasteiger partial charge on any atom is 0.248 e. The Morgan fingerprint density at radius 2 is 1.88 bits per heavy atom. The minimum atomic E-state index is -0.285. The molecule has 0 aliphatic carbocycles. The van der Waals surface area contributed by atoms with E-state index in [1.54, 1.807) is 43.2 Å². The van der Waals surface area contributed by atoms with Gasteiger partial charge in [-0.3, -0.25) is 9.48 Å². The van der Waals surface area contributed by atoms with E-state index in [2.05, 4.69) is 24.3 Å². The minimum absolute atomic E-state index is 0.285. The topological polar surface area (TPSA) is 65.4 Å². The Morgan fingerprint density at radius 3 is 2.42 bits per heavy atom. The van der Waals surface area contributed by atoms with Crippen LogP contribution in [0.2, 0.25) is 5.15 Å². The van der Waals surface area contributed by atoms with E-state index < -0.39 is 0 Å². The van der Waals surface area contributed by atoms with Gasteiger partial charge in [0, 0.05) is 42.1 Å². The van der Waals surface area contributed by atoms with Crippen LogP contribution >= 0.6 is 11.6 Å². The van der Waals surface area contributed by atoms with Crippen LogP contribution in [-0.2, 0) is 11.3 Å². The minimum Gasteiger partial charge on any atom is -0.497 e. The zero-order valence-electron chi connectivity index (χ0n) is 15.7. The number of hydrogen-bond acceptors (Lipinski definition) is 4. The Labute approximate surface area is 158 Å². The summed E-state index contributed by atoms with van der Waals surface area (Å²) in [6, 6.07) is 5.16. The summed E-state index contributed by atoms with van der Waals surface area (Å²) in [5.74, 6) is 1.33. The zero-order chi connectivity index (χ0) is 19.3. The van der Waals surface area contributed by atoms with E-state index in [4.69, 9.17) is 21.1 Å². The predicted octanol–water partition coefficient (Wildman–Crippen LogP) is 4.17.